The lowest BCUT2D eigenvalue weighted by atomic mass is 10.2. The van der Waals surface area contributed by atoms with E-state index in [4.69, 9.17) is 27.9 Å². The number of amides is 1. The first kappa shape index (κ1) is 21.0. The zero-order chi connectivity index (χ0) is 17.8. The number of nitrogens with one attached hydrogen (secondary N) is 1. The predicted molar refractivity (Wildman–Crippen MR) is 101 cm³/mol. The van der Waals surface area contributed by atoms with E-state index in [1.165, 1.54) is 0 Å². The maximum atomic E-state index is 11.9. The van der Waals surface area contributed by atoms with Crippen molar-refractivity contribution in [3.05, 3.63) is 23.0 Å². The molecule has 0 bridgehead atoms. The summed E-state index contributed by atoms with van der Waals surface area (Å²) in [7, 11) is 0. The van der Waals surface area contributed by atoms with Crippen LogP contribution in [0.4, 0.5) is 0 Å². The molecule has 1 N–H and O–H groups in total. The summed E-state index contributed by atoms with van der Waals surface area (Å²) in [5.74, 6) is 0.166. The third kappa shape index (κ3) is 8.71. The first-order valence-corrected chi connectivity index (χ1v) is 9.15. The smallest absolute Gasteiger partial charge is 0.224 e. The number of carbonyl (C=O) groups excluding carboxylic acids is 1. The largest absolute Gasteiger partial charge is 0.384 e. The SMILES string of the molecule is CCC/C=C(NCCCN1CCOCCC1=O)/C(Cl)=C\N=C(C)Cl. The van der Waals surface area contributed by atoms with Crippen LogP contribution < -0.4 is 5.32 Å². The molecule has 0 aliphatic carbocycles. The van der Waals surface area contributed by atoms with Crippen molar-refractivity contribution in [1.29, 1.82) is 0 Å². The molecule has 0 aromatic heterocycles. The summed E-state index contributed by atoms with van der Waals surface area (Å²) in [5.41, 5.74) is 0.853. The monoisotopic (exact) mass is 375 g/mol. The van der Waals surface area contributed by atoms with E-state index in [0.29, 0.717) is 36.4 Å². The van der Waals surface area contributed by atoms with Gasteiger partial charge in [-0.25, -0.2) is 4.99 Å². The molecule has 0 aromatic rings. The van der Waals surface area contributed by atoms with Crippen LogP contribution >= 0.6 is 23.2 Å². The van der Waals surface area contributed by atoms with Gasteiger partial charge in [0.15, 0.2) is 0 Å². The summed E-state index contributed by atoms with van der Waals surface area (Å²) in [6.45, 7) is 7.07. The van der Waals surface area contributed by atoms with Crippen LogP contribution in [0, 0.1) is 0 Å². The maximum absolute atomic E-state index is 11.9. The first-order valence-electron chi connectivity index (χ1n) is 8.40. The fourth-order valence-corrected chi connectivity index (χ4v) is 2.45. The number of allylic oxidation sites excluding steroid dienone is 2. The second-order valence-corrected chi connectivity index (χ2v) is 6.49. The average molecular weight is 376 g/mol. The van der Waals surface area contributed by atoms with Gasteiger partial charge in [0.05, 0.1) is 30.4 Å². The van der Waals surface area contributed by atoms with Crippen molar-refractivity contribution in [3.8, 4) is 0 Å². The average Bonchev–Trinajstić information content (AvgIpc) is 2.76. The number of carbonyl (C=O) groups is 1. The molecule has 1 heterocycles. The number of hydrogen-bond donors (Lipinski definition) is 1. The Hall–Kier alpha value is -1.04. The van der Waals surface area contributed by atoms with E-state index in [2.05, 4.69) is 23.3 Å². The molecule has 0 spiro atoms. The number of unbranched alkanes of at least 4 members (excludes halogenated alkanes) is 1. The lowest BCUT2D eigenvalue weighted by molar-refractivity contribution is -0.130. The number of hydrogen-bond acceptors (Lipinski definition) is 4. The van der Waals surface area contributed by atoms with Crippen molar-refractivity contribution >= 4 is 34.3 Å². The minimum absolute atomic E-state index is 0.166. The predicted octanol–water partition coefficient (Wildman–Crippen LogP) is 3.64. The third-order valence-corrected chi connectivity index (χ3v) is 3.89. The zero-order valence-electron chi connectivity index (χ0n) is 14.5. The lowest BCUT2D eigenvalue weighted by Crippen LogP contribution is -2.34. The number of halogens is 2. The minimum Gasteiger partial charge on any atom is -0.384 e. The number of ether oxygens (including phenoxy) is 1. The molecule has 7 heteroatoms. The second kappa shape index (κ2) is 12.3. The summed E-state index contributed by atoms with van der Waals surface area (Å²) in [5, 5.41) is 4.29. The van der Waals surface area contributed by atoms with Gasteiger partial charge in [0.25, 0.3) is 0 Å². The molecule has 1 saturated heterocycles. The number of nitrogens with zero attached hydrogens (tertiary/aromatic N) is 2. The van der Waals surface area contributed by atoms with Gasteiger partial charge in [0.2, 0.25) is 5.91 Å². The molecule has 0 saturated carbocycles. The molecule has 24 heavy (non-hydrogen) atoms. The second-order valence-electron chi connectivity index (χ2n) is 5.53. The molecule has 1 fully saturated rings. The highest BCUT2D eigenvalue weighted by Gasteiger charge is 2.16. The van der Waals surface area contributed by atoms with Gasteiger partial charge >= 0.3 is 0 Å². The normalized spacial score (nSPS) is 17.9. The summed E-state index contributed by atoms with van der Waals surface area (Å²) >= 11 is 12.0. The van der Waals surface area contributed by atoms with E-state index in [0.717, 1.165) is 38.0 Å². The lowest BCUT2D eigenvalue weighted by Gasteiger charge is -2.20. The van der Waals surface area contributed by atoms with Crippen molar-refractivity contribution in [1.82, 2.24) is 10.2 Å². The molecule has 0 atom stereocenters. The van der Waals surface area contributed by atoms with Crippen LogP contribution in [0.25, 0.3) is 0 Å². The Labute approximate surface area is 154 Å². The van der Waals surface area contributed by atoms with E-state index in [9.17, 15) is 4.79 Å². The highest BCUT2D eigenvalue weighted by molar-refractivity contribution is 6.64. The molecule has 0 unspecified atom stereocenters. The topological polar surface area (TPSA) is 53.9 Å². The first-order chi connectivity index (χ1) is 11.5. The van der Waals surface area contributed by atoms with Gasteiger partial charge in [-0.3, -0.25) is 4.79 Å². The molecule has 136 valence electrons. The van der Waals surface area contributed by atoms with Crippen LogP contribution in [-0.4, -0.2) is 48.8 Å². The zero-order valence-corrected chi connectivity index (χ0v) is 16.0. The van der Waals surface area contributed by atoms with Gasteiger partial charge in [0.1, 0.15) is 5.17 Å². The maximum Gasteiger partial charge on any atom is 0.224 e. The Bertz CT molecular complexity index is 486. The molecule has 1 aliphatic heterocycles. The summed E-state index contributed by atoms with van der Waals surface area (Å²) in [6.07, 6.45) is 6.89. The van der Waals surface area contributed by atoms with Gasteiger partial charge < -0.3 is 15.0 Å². The van der Waals surface area contributed by atoms with Crippen molar-refractivity contribution in [3.63, 3.8) is 0 Å². The Morgan fingerprint density at radius 1 is 1.42 bits per heavy atom. The van der Waals surface area contributed by atoms with Crippen LogP contribution in [0.1, 0.15) is 39.5 Å². The van der Waals surface area contributed by atoms with Crippen molar-refractivity contribution in [2.45, 2.75) is 39.5 Å². The van der Waals surface area contributed by atoms with Crippen LogP contribution in [0.15, 0.2) is 28.0 Å². The van der Waals surface area contributed by atoms with Gasteiger partial charge in [-0.05, 0) is 19.8 Å². The minimum atomic E-state index is 0.166. The van der Waals surface area contributed by atoms with Gasteiger partial charge in [-0.1, -0.05) is 42.6 Å². The summed E-state index contributed by atoms with van der Waals surface area (Å²) in [4.78, 5) is 17.8. The van der Waals surface area contributed by atoms with Crippen LogP contribution in [0.2, 0.25) is 0 Å². The molecule has 0 radical (unpaired) electrons. The van der Waals surface area contributed by atoms with E-state index >= 15 is 0 Å². The fraction of sp³-hybridized carbons (Fsp3) is 0.647. The highest BCUT2D eigenvalue weighted by atomic mass is 35.5. The van der Waals surface area contributed by atoms with Crippen LogP contribution in [-0.2, 0) is 9.53 Å². The Balaban J connectivity index is 2.48. The Morgan fingerprint density at radius 2 is 2.21 bits per heavy atom. The van der Waals surface area contributed by atoms with Gasteiger partial charge in [-0.15, -0.1) is 0 Å². The van der Waals surface area contributed by atoms with Crippen molar-refractivity contribution in [2.75, 3.05) is 32.8 Å². The summed E-state index contributed by atoms with van der Waals surface area (Å²) in [6, 6.07) is 0. The van der Waals surface area contributed by atoms with Crippen LogP contribution in [0.5, 0.6) is 0 Å². The van der Waals surface area contributed by atoms with E-state index in [1.54, 1.807) is 13.1 Å². The molecule has 1 aliphatic rings. The van der Waals surface area contributed by atoms with Gasteiger partial charge in [-0.2, -0.15) is 0 Å². The number of rotatable bonds is 9. The van der Waals surface area contributed by atoms with E-state index in [1.807, 2.05) is 4.90 Å². The third-order valence-electron chi connectivity index (χ3n) is 3.49. The van der Waals surface area contributed by atoms with Crippen LogP contribution in [0.3, 0.4) is 0 Å². The van der Waals surface area contributed by atoms with Crippen molar-refractivity contribution < 1.29 is 9.53 Å². The quantitative estimate of drug-likeness (QED) is 0.380. The standard InChI is InChI=1S/C17H27Cl2N3O2/c1-3-4-6-16(15(19)13-21-14(2)18)20-8-5-9-22-10-12-24-11-7-17(22)23/h6,13,20H,3-5,7-12H2,1-2H3/b15-13+,16-6-,21-14?. The number of aliphatic imine (C=N–C) groups is 1. The molecular weight excluding hydrogens is 349 g/mol. The molecular formula is C17H27Cl2N3O2. The molecule has 1 amide bonds. The Kier molecular flexibility index (Phi) is 10.8. The molecule has 5 nitrogen and oxygen atoms in total. The Morgan fingerprint density at radius 3 is 2.92 bits per heavy atom. The fourth-order valence-electron chi connectivity index (χ4n) is 2.21. The summed E-state index contributed by atoms with van der Waals surface area (Å²) < 4.78 is 5.33. The highest BCUT2D eigenvalue weighted by Crippen LogP contribution is 2.14. The van der Waals surface area contributed by atoms with Crippen molar-refractivity contribution in [2.24, 2.45) is 4.99 Å². The molecule has 1 rings (SSSR count). The van der Waals surface area contributed by atoms with Gasteiger partial charge in [0, 0.05) is 25.8 Å². The molecule has 0 aromatic carbocycles. The van der Waals surface area contributed by atoms with E-state index < -0.39 is 0 Å². The van der Waals surface area contributed by atoms with E-state index in [-0.39, 0.29) is 5.91 Å².